The van der Waals surface area contributed by atoms with Crippen LogP contribution in [0.3, 0.4) is 0 Å². The first kappa shape index (κ1) is 19.0. The number of fused-ring (bicyclic) bond motifs is 3. The maximum absolute atomic E-state index is 13.2. The van der Waals surface area contributed by atoms with Crippen molar-refractivity contribution in [2.45, 2.75) is 37.6 Å². The zero-order valence-electron chi connectivity index (χ0n) is 16.3. The third-order valence-electron chi connectivity index (χ3n) is 6.23. The first-order valence-electron chi connectivity index (χ1n) is 10.2. The molecule has 1 N–H and O–H groups in total. The van der Waals surface area contributed by atoms with Gasteiger partial charge in [-0.25, -0.2) is 4.79 Å². The van der Waals surface area contributed by atoms with E-state index in [1.807, 2.05) is 11.4 Å². The summed E-state index contributed by atoms with van der Waals surface area (Å²) >= 11 is 1.63. The molecule has 5 amide bonds. The molecule has 3 aliphatic rings. The van der Waals surface area contributed by atoms with Crippen LogP contribution >= 0.6 is 11.3 Å². The number of imide groups is 2. The van der Waals surface area contributed by atoms with Crippen molar-refractivity contribution in [2.75, 3.05) is 13.1 Å². The Labute approximate surface area is 177 Å². The third kappa shape index (κ3) is 2.70. The Morgan fingerprint density at radius 3 is 2.30 bits per heavy atom. The van der Waals surface area contributed by atoms with Gasteiger partial charge in [-0.05, 0) is 55.7 Å². The molecule has 0 bridgehead atoms. The highest BCUT2D eigenvalue weighted by Crippen LogP contribution is 2.42. The molecule has 1 fully saturated rings. The summed E-state index contributed by atoms with van der Waals surface area (Å²) in [5, 5.41) is 4.92. The lowest BCUT2D eigenvalue weighted by molar-refractivity contribution is -0.132. The van der Waals surface area contributed by atoms with E-state index in [9.17, 15) is 19.2 Å². The number of amides is 5. The molecule has 30 heavy (non-hydrogen) atoms. The van der Waals surface area contributed by atoms with E-state index in [0.717, 1.165) is 18.4 Å². The summed E-state index contributed by atoms with van der Waals surface area (Å²) in [6.07, 6.45) is 3.48. The average molecular weight is 423 g/mol. The number of aryl methyl sites for hydroxylation is 1. The second kappa shape index (κ2) is 7.05. The zero-order valence-corrected chi connectivity index (χ0v) is 17.2. The minimum absolute atomic E-state index is 0.187. The zero-order chi connectivity index (χ0) is 20.9. The molecule has 154 valence electrons. The predicted octanol–water partition coefficient (Wildman–Crippen LogP) is 2.91. The van der Waals surface area contributed by atoms with E-state index in [-0.39, 0.29) is 36.8 Å². The highest BCUT2D eigenvalue weighted by molar-refractivity contribution is 7.10. The molecular weight excluding hydrogens is 402 g/mol. The molecule has 5 rings (SSSR count). The normalized spacial score (nSPS) is 22.7. The van der Waals surface area contributed by atoms with E-state index < -0.39 is 5.54 Å². The van der Waals surface area contributed by atoms with Crippen molar-refractivity contribution >= 4 is 35.1 Å². The summed E-state index contributed by atoms with van der Waals surface area (Å²) in [5.41, 5.74) is 0.878. The van der Waals surface area contributed by atoms with Crippen LogP contribution in [0.2, 0.25) is 0 Å². The molecule has 1 spiro atoms. The van der Waals surface area contributed by atoms with Gasteiger partial charge in [0.2, 0.25) is 0 Å². The Morgan fingerprint density at radius 2 is 1.60 bits per heavy atom. The Bertz CT molecular complexity index is 1040. The molecule has 2 aliphatic heterocycles. The summed E-state index contributed by atoms with van der Waals surface area (Å²) in [6, 6.07) is 8.38. The maximum atomic E-state index is 13.2. The van der Waals surface area contributed by atoms with Crippen molar-refractivity contribution in [3.63, 3.8) is 0 Å². The van der Waals surface area contributed by atoms with E-state index in [0.29, 0.717) is 30.4 Å². The van der Waals surface area contributed by atoms with Crippen molar-refractivity contribution < 1.29 is 19.2 Å². The summed E-state index contributed by atoms with van der Waals surface area (Å²) in [7, 11) is 0. The van der Waals surface area contributed by atoms with Gasteiger partial charge >= 0.3 is 6.03 Å². The van der Waals surface area contributed by atoms with Crippen molar-refractivity contribution in [2.24, 2.45) is 0 Å². The topological polar surface area (TPSA) is 86.8 Å². The van der Waals surface area contributed by atoms with Crippen LogP contribution in [-0.4, -0.2) is 46.6 Å². The van der Waals surface area contributed by atoms with E-state index in [2.05, 4.69) is 5.32 Å². The monoisotopic (exact) mass is 423 g/mol. The number of benzene rings is 1. The van der Waals surface area contributed by atoms with Gasteiger partial charge in [-0.1, -0.05) is 12.1 Å². The number of thiophene rings is 1. The van der Waals surface area contributed by atoms with Crippen LogP contribution < -0.4 is 5.32 Å². The van der Waals surface area contributed by atoms with E-state index >= 15 is 0 Å². The standard InChI is InChI=1S/C22H21N3O4S/c26-18-14-6-1-2-7-15(14)19(27)24(18)11-3-4-12-25-20(28)22(23-21(25)29)10-5-8-17-16(22)9-13-30-17/h1-2,6-7,9,13H,3-5,8,10-12H2,(H,23,29)/t22-/m0/s1. The molecule has 7 nitrogen and oxygen atoms in total. The third-order valence-corrected chi connectivity index (χ3v) is 7.21. The van der Waals surface area contributed by atoms with Crippen molar-refractivity contribution in [3.8, 4) is 0 Å². The largest absolute Gasteiger partial charge is 0.325 e. The number of carbonyl (C=O) groups excluding carboxylic acids is 4. The van der Waals surface area contributed by atoms with Crippen LogP contribution in [0.4, 0.5) is 4.79 Å². The number of nitrogens with zero attached hydrogens (tertiary/aromatic N) is 2. The lowest BCUT2D eigenvalue weighted by atomic mass is 9.80. The Hall–Kier alpha value is -3.00. The highest BCUT2D eigenvalue weighted by Gasteiger charge is 2.54. The molecule has 8 heteroatoms. The molecule has 1 aliphatic carbocycles. The second-order valence-electron chi connectivity index (χ2n) is 7.92. The SMILES string of the molecule is O=C1N[C@]2(CCCc3sccc32)C(=O)N1CCCCN1C(=O)c2ccccc2C1=O. The van der Waals surface area contributed by atoms with Crippen LogP contribution in [0.5, 0.6) is 0 Å². The minimum Gasteiger partial charge on any atom is -0.319 e. The number of hydrogen-bond donors (Lipinski definition) is 1. The summed E-state index contributed by atoms with van der Waals surface area (Å²) in [5.74, 6) is -0.749. The number of carbonyl (C=O) groups is 4. The van der Waals surface area contributed by atoms with Gasteiger partial charge in [0, 0.05) is 23.5 Å². The van der Waals surface area contributed by atoms with Gasteiger partial charge in [-0.2, -0.15) is 0 Å². The fourth-order valence-corrected chi connectivity index (χ4v) is 5.73. The summed E-state index contributed by atoms with van der Waals surface area (Å²) in [6.45, 7) is 0.547. The van der Waals surface area contributed by atoms with Crippen molar-refractivity contribution in [3.05, 3.63) is 57.3 Å². The molecule has 1 atom stereocenters. The predicted molar refractivity (Wildman–Crippen MR) is 110 cm³/mol. The number of unbranched alkanes of at least 4 members (excludes halogenated alkanes) is 1. The van der Waals surface area contributed by atoms with Gasteiger partial charge in [0.25, 0.3) is 17.7 Å². The van der Waals surface area contributed by atoms with Gasteiger partial charge in [0.15, 0.2) is 0 Å². The van der Waals surface area contributed by atoms with Crippen molar-refractivity contribution in [1.29, 1.82) is 0 Å². The molecular formula is C22H21N3O4S. The van der Waals surface area contributed by atoms with E-state index in [4.69, 9.17) is 0 Å². The first-order valence-corrected chi connectivity index (χ1v) is 11.1. The van der Waals surface area contributed by atoms with Gasteiger partial charge < -0.3 is 5.32 Å². The number of nitrogens with one attached hydrogen (secondary N) is 1. The fourth-order valence-electron chi connectivity index (χ4n) is 4.73. The molecule has 2 aromatic rings. The van der Waals surface area contributed by atoms with Crippen molar-refractivity contribution in [1.82, 2.24) is 15.1 Å². The van der Waals surface area contributed by atoms with Crippen LogP contribution in [0.25, 0.3) is 0 Å². The van der Waals surface area contributed by atoms with Gasteiger partial charge in [-0.15, -0.1) is 11.3 Å². The molecule has 1 aromatic heterocycles. The van der Waals surface area contributed by atoms with E-state index in [1.165, 1.54) is 14.7 Å². The van der Waals surface area contributed by atoms with E-state index in [1.54, 1.807) is 35.6 Å². The maximum Gasteiger partial charge on any atom is 0.325 e. The van der Waals surface area contributed by atoms with Crippen LogP contribution in [-0.2, 0) is 16.8 Å². The molecule has 0 unspecified atom stereocenters. The first-order chi connectivity index (χ1) is 14.5. The van der Waals surface area contributed by atoms with Crippen LogP contribution in [0.1, 0.15) is 56.8 Å². The van der Waals surface area contributed by atoms with Gasteiger partial charge in [0.05, 0.1) is 11.1 Å². The molecule has 0 saturated carbocycles. The quantitative estimate of drug-likeness (QED) is 0.455. The number of rotatable bonds is 5. The van der Waals surface area contributed by atoms with Gasteiger partial charge in [0.1, 0.15) is 5.54 Å². The lowest BCUT2D eigenvalue weighted by Crippen LogP contribution is -2.46. The highest BCUT2D eigenvalue weighted by atomic mass is 32.1. The second-order valence-corrected chi connectivity index (χ2v) is 8.92. The summed E-state index contributed by atoms with van der Waals surface area (Å²) in [4.78, 5) is 54.3. The molecule has 1 saturated heterocycles. The molecule has 1 aromatic carbocycles. The number of urea groups is 1. The number of hydrogen-bond acceptors (Lipinski definition) is 5. The smallest absolute Gasteiger partial charge is 0.319 e. The fraction of sp³-hybridized carbons (Fsp3) is 0.364. The molecule has 0 radical (unpaired) electrons. The minimum atomic E-state index is -0.923. The Morgan fingerprint density at radius 1 is 0.933 bits per heavy atom. The van der Waals surface area contributed by atoms with Gasteiger partial charge in [-0.3, -0.25) is 24.2 Å². The Balaban J connectivity index is 1.21. The lowest BCUT2D eigenvalue weighted by Gasteiger charge is -2.31. The van der Waals surface area contributed by atoms with Crippen LogP contribution in [0.15, 0.2) is 35.7 Å². The van der Waals surface area contributed by atoms with Crippen LogP contribution in [0, 0.1) is 0 Å². The average Bonchev–Trinajstić information content (AvgIpc) is 3.39. The molecule has 3 heterocycles. The summed E-state index contributed by atoms with van der Waals surface area (Å²) < 4.78 is 0. The Kier molecular flexibility index (Phi) is 4.47.